The molecule has 2 aromatic carbocycles. The van der Waals surface area contributed by atoms with Crippen molar-refractivity contribution in [1.29, 1.82) is 0 Å². The minimum absolute atomic E-state index is 0.446. The highest BCUT2D eigenvalue weighted by molar-refractivity contribution is 6.33. The summed E-state index contributed by atoms with van der Waals surface area (Å²) in [7, 11) is 1.64. The molecule has 2 N–H and O–H groups in total. The largest absolute Gasteiger partial charge is 0.496 e. The Bertz CT molecular complexity index is 525. The summed E-state index contributed by atoms with van der Waals surface area (Å²) in [5, 5.41) is 0.737. The Morgan fingerprint density at radius 3 is 2.59 bits per heavy atom. The molecule has 0 saturated heterocycles. The van der Waals surface area contributed by atoms with Crippen LogP contribution in [0.1, 0.15) is 5.56 Å². The zero-order valence-corrected chi connectivity index (χ0v) is 10.4. The van der Waals surface area contributed by atoms with Gasteiger partial charge in [0.2, 0.25) is 0 Å². The van der Waals surface area contributed by atoms with E-state index in [2.05, 4.69) is 0 Å². The number of hydrogen-bond donors (Lipinski definition) is 1. The van der Waals surface area contributed by atoms with E-state index in [9.17, 15) is 0 Å². The third kappa shape index (κ3) is 2.43. The Morgan fingerprint density at radius 2 is 1.94 bits per heavy atom. The quantitative estimate of drug-likeness (QED) is 0.901. The summed E-state index contributed by atoms with van der Waals surface area (Å²) in [5.74, 6) is 0.809. The van der Waals surface area contributed by atoms with Crippen LogP contribution < -0.4 is 10.5 Å². The second-order valence-electron chi connectivity index (χ2n) is 3.71. The lowest BCUT2D eigenvalue weighted by Gasteiger charge is -2.10. The fourth-order valence-electron chi connectivity index (χ4n) is 1.80. The normalized spacial score (nSPS) is 10.3. The van der Waals surface area contributed by atoms with Gasteiger partial charge in [-0.3, -0.25) is 0 Å². The van der Waals surface area contributed by atoms with E-state index >= 15 is 0 Å². The summed E-state index contributed by atoms with van der Waals surface area (Å²) in [6.07, 6.45) is 0. The summed E-state index contributed by atoms with van der Waals surface area (Å²) in [4.78, 5) is 0. The van der Waals surface area contributed by atoms with Gasteiger partial charge >= 0.3 is 0 Å². The summed E-state index contributed by atoms with van der Waals surface area (Å²) in [6, 6.07) is 13.7. The molecule has 17 heavy (non-hydrogen) atoms. The van der Waals surface area contributed by atoms with Crippen LogP contribution in [-0.2, 0) is 6.54 Å². The first-order chi connectivity index (χ1) is 8.26. The number of nitrogens with two attached hydrogens (primary N) is 1. The molecule has 88 valence electrons. The molecule has 2 rings (SSSR count). The molecule has 0 atom stereocenters. The summed E-state index contributed by atoms with van der Waals surface area (Å²) in [6.45, 7) is 0.446. The molecule has 0 radical (unpaired) electrons. The number of methoxy groups -OCH3 is 1. The molecule has 0 bridgehead atoms. The van der Waals surface area contributed by atoms with Gasteiger partial charge in [0.05, 0.1) is 7.11 Å². The van der Waals surface area contributed by atoms with E-state index in [-0.39, 0.29) is 0 Å². The molecule has 0 fully saturated rings. The molecule has 3 heteroatoms. The molecule has 0 aliphatic heterocycles. The number of benzene rings is 2. The molecule has 0 aliphatic rings. The third-order valence-corrected chi connectivity index (χ3v) is 3.01. The SMILES string of the molecule is COc1ccc(-c2ccccc2Cl)cc1CN. The molecule has 2 nitrogen and oxygen atoms in total. The van der Waals surface area contributed by atoms with Crippen LogP contribution in [0.2, 0.25) is 5.02 Å². The lowest BCUT2D eigenvalue weighted by atomic mass is 10.0. The van der Waals surface area contributed by atoms with Crippen molar-refractivity contribution in [3.63, 3.8) is 0 Å². The van der Waals surface area contributed by atoms with Gasteiger partial charge < -0.3 is 10.5 Å². The summed E-state index contributed by atoms with van der Waals surface area (Å²) >= 11 is 6.17. The minimum atomic E-state index is 0.446. The third-order valence-electron chi connectivity index (χ3n) is 2.69. The maximum absolute atomic E-state index is 6.17. The average molecular weight is 248 g/mol. The summed E-state index contributed by atoms with van der Waals surface area (Å²) in [5.41, 5.74) is 8.73. The van der Waals surface area contributed by atoms with Gasteiger partial charge in [-0.1, -0.05) is 35.9 Å². The summed E-state index contributed by atoms with van der Waals surface area (Å²) < 4.78 is 5.24. The van der Waals surface area contributed by atoms with Crippen LogP contribution in [0, 0.1) is 0 Å². The average Bonchev–Trinajstić information content (AvgIpc) is 2.38. The minimum Gasteiger partial charge on any atom is -0.496 e. The van der Waals surface area contributed by atoms with Crippen LogP contribution in [0.5, 0.6) is 5.75 Å². The molecule has 0 aromatic heterocycles. The second-order valence-corrected chi connectivity index (χ2v) is 4.12. The fourth-order valence-corrected chi connectivity index (χ4v) is 2.05. The highest BCUT2D eigenvalue weighted by Crippen LogP contribution is 2.30. The topological polar surface area (TPSA) is 35.2 Å². The molecule has 0 heterocycles. The molecule has 0 unspecified atom stereocenters. The van der Waals surface area contributed by atoms with Crippen LogP contribution >= 0.6 is 11.6 Å². The van der Waals surface area contributed by atoms with Crippen molar-refractivity contribution in [2.45, 2.75) is 6.54 Å². The van der Waals surface area contributed by atoms with E-state index in [1.54, 1.807) is 7.11 Å². The molecule has 2 aromatic rings. The van der Waals surface area contributed by atoms with Gasteiger partial charge in [-0.15, -0.1) is 0 Å². The first-order valence-electron chi connectivity index (χ1n) is 5.38. The van der Waals surface area contributed by atoms with Crippen molar-refractivity contribution in [2.75, 3.05) is 7.11 Å². The maximum atomic E-state index is 6.17. The first kappa shape index (κ1) is 12.0. The van der Waals surface area contributed by atoms with E-state index in [0.29, 0.717) is 6.54 Å². The van der Waals surface area contributed by atoms with Crippen LogP contribution in [0.15, 0.2) is 42.5 Å². The van der Waals surface area contributed by atoms with E-state index in [1.165, 1.54) is 0 Å². The number of ether oxygens (including phenoxy) is 1. The molecule has 0 amide bonds. The monoisotopic (exact) mass is 247 g/mol. The van der Waals surface area contributed by atoms with E-state index in [4.69, 9.17) is 22.1 Å². The van der Waals surface area contributed by atoms with Crippen molar-refractivity contribution in [3.05, 3.63) is 53.1 Å². The van der Waals surface area contributed by atoms with Crippen molar-refractivity contribution in [3.8, 4) is 16.9 Å². The van der Waals surface area contributed by atoms with Crippen LogP contribution in [-0.4, -0.2) is 7.11 Å². The van der Waals surface area contributed by atoms with Gasteiger partial charge in [0.25, 0.3) is 0 Å². The Balaban J connectivity index is 2.50. The fraction of sp³-hybridized carbons (Fsp3) is 0.143. The molecule has 0 saturated carbocycles. The standard InChI is InChI=1S/C14H14ClNO/c1-17-14-7-6-10(8-11(14)9-16)12-4-2-3-5-13(12)15/h2-8H,9,16H2,1H3. The van der Waals surface area contributed by atoms with Gasteiger partial charge in [-0.2, -0.15) is 0 Å². The number of rotatable bonds is 3. The van der Waals surface area contributed by atoms with Crippen molar-refractivity contribution in [1.82, 2.24) is 0 Å². The van der Waals surface area contributed by atoms with Gasteiger partial charge in [0.1, 0.15) is 5.75 Å². The van der Waals surface area contributed by atoms with Gasteiger partial charge in [-0.05, 0) is 23.8 Å². The highest BCUT2D eigenvalue weighted by atomic mass is 35.5. The smallest absolute Gasteiger partial charge is 0.123 e. The lowest BCUT2D eigenvalue weighted by molar-refractivity contribution is 0.410. The van der Waals surface area contributed by atoms with Crippen LogP contribution in [0.3, 0.4) is 0 Å². The highest BCUT2D eigenvalue weighted by Gasteiger charge is 2.06. The predicted octanol–water partition coefficient (Wildman–Crippen LogP) is 3.47. The van der Waals surface area contributed by atoms with Gasteiger partial charge in [-0.25, -0.2) is 0 Å². The Kier molecular flexibility index (Phi) is 3.67. The van der Waals surface area contributed by atoms with Crippen molar-refractivity contribution < 1.29 is 4.74 Å². The van der Waals surface area contributed by atoms with Gasteiger partial charge in [0.15, 0.2) is 0 Å². The Hall–Kier alpha value is -1.51. The van der Waals surface area contributed by atoms with E-state index in [1.807, 2.05) is 42.5 Å². The van der Waals surface area contributed by atoms with Crippen molar-refractivity contribution >= 4 is 11.6 Å². The predicted molar refractivity (Wildman–Crippen MR) is 71.3 cm³/mol. The zero-order valence-electron chi connectivity index (χ0n) is 9.61. The van der Waals surface area contributed by atoms with E-state index in [0.717, 1.165) is 27.5 Å². The zero-order chi connectivity index (χ0) is 12.3. The first-order valence-corrected chi connectivity index (χ1v) is 5.76. The van der Waals surface area contributed by atoms with Crippen LogP contribution in [0.4, 0.5) is 0 Å². The van der Waals surface area contributed by atoms with Crippen LogP contribution in [0.25, 0.3) is 11.1 Å². The second kappa shape index (κ2) is 5.21. The Labute approximate surface area is 106 Å². The van der Waals surface area contributed by atoms with E-state index < -0.39 is 0 Å². The van der Waals surface area contributed by atoms with Crippen molar-refractivity contribution in [2.24, 2.45) is 5.73 Å². The van der Waals surface area contributed by atoms with Gasteiger partial charge in [0, 0.05) is 22.7 Å². The molecular formula is C14H14ClNO. The molecule has 0 aliphatic carbocycles. The maximum Gasteiger partial charge on any atom is 0.123 e. The Morgan fingerprint density at radius 1 is 1.18 bits per heavy atom. The molecule has 0 spiro atoms. The number of hydrogen-bond acceptors (Lipinski definition) is 2. The lowest BCUT2D eigenvalue weighted by Crippen LogP contribution is -2.00. The molecular weight excluding hydrogens is 234 g/mol. The number of halogens is 1.